The molecular weight excluding hydrogens is 189 g/mol. The molecule has 0 amide bonds. The standard InChI is InChI=1S/C5H7ClFN3O2/c1-2-12-5(11)3(4(6)7)9-10-8/h3-4H,2H2,1H3. The summed E-state index contributed by atoms with van der Waals surface area (Å²) >= 11 is 4.92. The smallest absolute Gasteiger partial charge is 0.319 e. The lowest BCUT2D eigenvalue weighted by Gasteiger charge is -2.08. The molecule has 0 spiro atoms. The number of azide groups is 1. The molecule has 0 saturated carbocycles. The topological polar surface area (TPSA) is 75.1 Å². The van der Waals surface area contributed by atoms with Crippen LogP contribution < -0.4 is 0 Å². The van der Waals surface area contributed by atoms with Crippen molar-refractivity contribution in [1.82, 2.24) is 0 Å². The normalized spacial score (nSPS) is 14.2. The highest BCUT2D eigenvalue weighted by Crippen LogP contribution is 2.10. The molecule has 0 fully saturated rings. The van der Waals surface area contributed by atoms with Crippen LogP contribution in [0.15, 0.2) is 5.11 Å². The highest BCUT2D eigenvalue weighted by Gasteiger charge is 2.26. The molecule has 0 N–H and O–H groups in total. The first-order valence-corrected chi connectivity index (χ1v) is 3.56. The predicted molar refractivity (Wildman–Crippen MR) is 40.3 cm³/mol. The van der Waals surface area contributed by atoms with Crippen molar-refractivity contribution in [3.05, 3.63) is 10.4 Å². The average Bonchev–Trinajstić information content (AvgIpc) is 1.99. The van der Waals surface area contributed by atoms with E-state index in [0.717, 1.165) is 0 Å². The number of nitrogens with zero attached hydrogens (tertiary/aromatic N) is 3. The molecule has 0 aliphatic rings. The number of alkyl halides is 2. The molecule has 0 aromatic heterocycles. The van der Waals surface area contributed by atoms with Crippen LogP contribution in [0.2, 0.25) is 0 Å². The fraction of sp³-hybridized carbons (Fsp3) is 0.800. The molecule has 0 aliphatic heterocycles. The van der Waals surface area contributed by atoms with Crippen molar-refractivity contribution in [2.45, 2.75) is 18.6 Å². The van der Waals surface area contributed by atoms with E-state index in [1.54, 1.807) is 6.92 Å². The van der Waals surface area contributed by atoms with Crippen molar-refractivity contribution in [2.75, 3.05) is 6.61 Å². The molecule has 0 heterocycles. The van der Waals surface area contributed by atoms with Gasteiger partial charge in [-0.2, -0.15) is 0 Å². The lowest BCUT2D eigenvalue weighted by Crippen LogP contribution is -2.27. The second-order valence-electron chi connectivity index (χ2n) is 1.74. The van der Waals surface area contributed by atoms with Crippen LogP contribution in [-0.2, 0) is 9.53 Å². The molecule has 0 rings (SSSR count). The number of esters is 1. The number of hydrogen-bond acceptors (Lipinski definition) is 3. The van der Waals surface area contributed by atoms with E-state index in [-0.39, 0.29) is 6.61 Å². The van der Waals surface area contributed by atoms with E-state index in [1.807, 2.05) is 0 Å². The first kappa shape index (κ1) is 11.0. The van der Waals surface area contributed by atoms with Crippen LogP contribution in [0.1, 0.15) is 6.92 Å². The second-order valence-corrected chi connectivity index (χ2v) is 2.15. The number of halogens is 2. The highest BCUT2D eigenvalue weighted by atomic mass is 35.5. The van der Waals surface area contributed by atoms with E-state index >= 15 is 0 Å². The lowest BCUT2D eigenvalue weighted by atomic mass is 10.3. The van der Waals surface area contributed by atoms with E-state index in [4.69, 9.17) is 17.1 Å². The van der Waals surface area contributed by atoms with Gasteiger partial charge < -0.3 is 4.74 Å². The summed E-state index contributed by atoms with van der Waals surface area (Å²) in [7, 11) is 0. The van der Waals surface area contributed by atoms with Crippen LogP contribution in [0.3, 0.4) is 0 Å². The molecule has 5 nitrogen and oxygen atoms in total. The van der Waals surface area contributed by atoms with Crippen molar-refractivity contribution in [1.29, 1.82) is 0 Å². The molecule has 7 heteroatoms. The Hall–Kier alpha value is -1.00. The molecule has 68 valence electrons. The average molecular weight is 196 g/mol. The van der Waals surface area contributed by atoms with Crippen LogP contribution in [0.5, 0.6) is 0 Å². The molecule has 0 bridgehead atoms. The maximum absolute atomic E-state index is 12.3. The Morgan fingerprint density at radius 1 is 1.92 bits per heavy atom. The van der Waals surface area contributed by atoms with Gasteiger partial charge in [0.1, 0.15) is 0 Å². The maximum atomic E-state index is 12.3. The van der Waals surface area contributed by atoms with Crippen LogP contribution in [0.25, 0.3) is 10.4 Å². The molecule has 2 unspecified atom stereocenters. The molecule has 12 heavy (non-hydrogen) atoms. The minimum absolute atomic E-state index is 0.0832. The number of hydrogen-bond donors (Lipinski definition) is 0. The van der Waals surface area contributed by atoms with Gasteiger partial charge in [0.15, 0.2) is 11.7 Å². The van der Waals surface area contributed by atoms with Gasteiger partial charge >= 0.3 is 5.97 Å². The molecular formula is C5H7ClFN3O2. The van der Waals surface area contributed by atoms with E-state index in [1.165, 1.54) is 0 Å². The van der Waals surface area contributed by atoms with Crippen LogP contribution in [0.4, 0.5) is 4.39 Å². The molecule has 0 saturated heterocycles. The summed E-state index contributed by atoms with van der Waals surface area (Å²) in [5.74, 6) is -0.960. The van der Waals surface area contributed by atoms with E-state index in [0.29, 0.717) is 0 Å². The second kappa shape index (κ2) is 5.62. The Kier molecular flexibility index (Phi) is 5.16. The molecule has 0 aromatic rings. The highest BCUT2D eigenvalue weighted by molar-refractivity contribution is 6.21. The van der Waals surface area contributed by atoms with Crippen molar-refractivity contribution >= 4 is 17.6 Å². The van der Waals surface area contributed by atoms with Gasteiger partial charge in [0.05, 0.1) is 6.61 Å². The Morgan fingerprint density at radius 2 is 2.50 bits per heavy atom. The minimum atomic E-state index is -2.06. The number of carbonyl (C=O) groups excluding carboxylic acids is 1. The predicted octanol–water partition coefficient (Wildman–Crippen LogP) is 1.76. The van der Waals surface area contributed by atoms with Crippen molar-refractivity contribution in [2.24, 2.45) is 5.11 Å². The van der Waals surface area contributed by atoms with Crippen molar-refractivity contribution < 1.29 is 13.9 Å². The third kappa shape index (κ3) is 3.41. The Balaban J connectivity index is 4.29. The van der Waals surface area contributed by atoms with Gasteiger partial charge in [0.25, 0.3) is 0 Å². The summed E-state index contributed by atoms with van der Waals surface area (Å²) in [6, 6.07) is -1.60. The van der Waals surface area contributed by atoms with Gasteiger partial charge in [-0.15, -0.1) is 0 Å². The largest absolute Gasteiger partial charge is 0.466 e. The zero-order valence-corrected chi connectivity index (χ0v) is 7.03. The third-order valence-electron chi connectivity index (χ3n) is 0.943. The summed E-state index contributed by atoms with van der Waals surface area (Å²) in [5.41, 5.74) is 5.87. The Bertz CT molecular complexity index is 205. The van der Waals surface area contributed by atoms with Gasteiger partial charge in [-0.25, -0.2) is 4.39 Å². The van der Waals surface area contributed by atoms with Crippen LogP contribution >= 0.6 is 11.6 Å². The first-order chi connectivity index (χ1) is 5.63. The van der Waals surface area contributed by atoms with Crippen LogP contribution in [0, 0.1) is 0 Å². The van der Waals surface area contributed by atoms with E-state index < -0.39 is 17.6 Å². The number of rotatable bonds is 4. The molecule has 2 atom stereocenters. The monoisotopic (exact) mass is 195 g/mol. The molecule has 0 aromatic carbocycles. The van der Waals surface area contributed by atoms with Crippen molar-refractivity contribution in [3.8, 4) is 0 Å². The van der Waals surface area contributed by atoms with E-state index in [9.17, 15) is 9.18 Å². The summed E-state index contributed by atoms with van der Waals surface area (Å²) in [5, 5.41) is 2.84. The van der Waals surface area contributed by atoms with Crippen molar-refractivity contribution in [3.63, 3.8) is 0 Å². The van der Waals surface area contributed by atoms with Gasteiger partial charge in [-0.3, -0.25) is 4.79 Å². The fourth-order valence-corrected chi connectivity index (χ4v) is 0.637. The zero-order valence-electron chi connectivity index (χ0n) is 6.28. The SMILES string of the molecule is CCOC(=O)C(N=[N+]=[N-])C(F)Cl. The zero-order chi connectivity index (χ0) is 9.56. The summed E-state index contributed by atoms with van der Waals surface area (Å²) in [4.78, 5) is 13.0. The Labute approximate surface area is 73.1 Å². The minimum Gasteiger partial charge on any atom is -0.466 e. The Morgan fingerprint density at radius 3 is 2.83 bits per heavy atom. The lowest BCUT2D eigenvalue weighted by molar-refractivity contribution is -0.145. The summed E-state index contributed by atoms with van der Waals surface area (Å²) < 4.78 is 16.7. The van der Waals surface area contributed by atoms with Gasteiger partial charge in [0.2, 0.25) is 0 Å². The van der Waals surface area contributed by atoms with Gasteiger partial charge in [-0.1, -0.05) is 16.7 Å². The fourth-order valence-electron chi connectivity index (χ4n) is 0.484. The summed E-state index contributed by atoms with van der Waals surface area (Å²) in [6.45, 7) is 1.63. The number of ether oxygens (including phenoxy) is 1. The summed E-state index contributed by atoms with van der Waals surface area (Å²) in [6.07, 6.45) is 0. The maximum Gasteiger partial charge on any atom is 0.319 e. The van der Waals surface area contributed by atoms with Gasteiger partial charge in [-0.05, 0) is 12.5 Å². The third-order valence-corrected chi connectivity index (χ3v) is 1.18. The van der Waals surface area contributed by atoms with E-state index in [2.05, 4.69) is 14.8 Å². The number of carbonyl (C=O) groups is 1. The van der Waals surface area contributed by atoms with Gasteiger partial charge in [0, 0.05) is 4.91 Å². The van der Waals surface area contributed by atoms with Crippen LogP contribution in [-0.4, -0.2) is 24.2 Å². The first-order valence-electron chi connectivity index (χ1n) is 3.12. The molecule has 0 aliphatic carbocycles. The quantitative estimate of drug-likeness (QED) is 0.225. The molecule has 0 radical (unpaired) electrons.